The van der Waals surface area contributed by atoms with Crippen LogP contribution in [0.5, 0.6) is 11.5 Å². The summed E-state index contributed by atoms with van der Waals surface area (Å²) in [6, 6.07) is 6.02. The highest BCUT2D eigenvalue weighted by molar-refractivity contribution is 5.44. The van der Waals surface area contributed by atoms with Gasteiger partial charge in [0.2, 0.25) is 0 Å². The van der Waals surface area contributed by atoms with Gasteiger partial charge in [0.25, 0.3) is 0 Å². The molecule has 0 radical (unpaired) electrons. The van der Waals surface area contributed by atoms with Crippen molar-refractivity contribution in [2.45, 2.75) is 65.4 Å². The van der Waals surface area contributed by atoms with Gasteiger partial charge in [0, 0.05) is 5.92 Å². The van der Waals surface area contributed by atoms with Crippen molar-refractivity contribution in [1.29, 1.82) is 0 Å². The van der Waals surface area contributed by atoms with Gasteiger partial charge in [-0.3, -0.25) is 0 Å². The van der Waals surface area contributed by atoms with Gasteiger partial charge in [0.05, 0.1) is 19.3 Å². The van der Waals surface area contributed by atoms with Crippen LogP contribution in [0.15, 0.2) is 18.2 Å². The van der Waals surface area contributed by atoms with Crippen LogP contribution in [0.4, 0.5) is 0 Å². The first-order valence-electron chi connectivity index (χ1n) is 8.21. The Balaban J connectivity index is 2.91. The molecule has 1 aromatic rings. The Morgan fingerprint density at radius 1 is 0.952 bits per heavy atom. The van der Waals surface area contributed by atoms with Crippen LogP contribution >= 0.6 is 0 Å². The maximum atomic E-state index is 10.2. The predicted molar refractivity (Wildman–Crippen MR) is 87.3 cm³/mol. The summed E-state index contributed by atoms with van der Waals surface area (Å²) in [6.07, 6.45) is 3.44. The van der Waals surface area contributed by atoms with Crippen LogP contribution in [0.25, 0.3) is 0 Å². The lowest BCUT2D eigenvalue weighted by atomic mass is 9.92. The molecule has 0 bridgehead atoms. The molecular formula is C18H30O3. The van der Waals surface area contributed by atoms with Crippen molar-refractivity contribution in [3.05, 3.63) is 23.8 Å². The van der Waals surface area contributed by atoms with Crippen molar-refractivity contribution in [2.24, 2.45) is 0 Å². The molecule has 2 unspecified atom stereocenters. The number of hydrogen-bond acceptors (Lipinski definition) is 3. The number of aliphatic hydroxyl groups is 1. The topological polar surface area (TPSA) is 38.7 Å². The lowest BCUT2D eigenvalue weighted by Gasteiger charge is -2.20. The molecule has 1 aromatic carbocycles. The van der Waals surface area contributed by atoms with Gasteiger partial charge in [-0.25, -0.2) is 0 Å². The third kappa shape index (κ3) is 5.58. The van der Waals surface area contributed by atoms with Crippen molar-refractivity contribution >= 4 is 0 Å². The van der Waals surface area contributed by atoms with Crippen molar-refractivity contribution in [3.63, 3.8) is 0 Å². The molecule has 2 atom stereocenters. The molecule has 0 aliphatic carbocycles. The van der Waals surface area contributed by atoms with Crippen molar-refractivity contribution < 1.29 is 14.6 Å². The summed E-state index contributed by atoms with van der Waals surface area (Å²) in [5, 5.41) is 10.2. The van der Waals surface area contributed by atoms with E-state index in [1.54, 1.807) is 0 Å². The van der Waals surface area contributed by atoms with E-state index in [2.05, 4.69) is 27.7 Å². The summed E-state index contributed by atoms with van der Waals surface area (Å²) in [4.78, 5) is 0. The lowest BCUT2D eigenvalue weighted by molar-refractivity contribution is 0.138. The van der Waals surface area contributed by atoms with Gasteiger partial charge in [-0.2, -0.15) is 0 Å². The Morgan fingerprint density at radius 2 is 1.57 bits per heavy atom. The summed E-state index contributed by atoms with van der Waals surface area (Å²) in [6.45, 7) is 9.70. The molecule has 21 heavy (non-hydrogen) atoms. The summed E-state index contributed by atoms with van der Waals surface area (Å²) in [5.74, 6) is 1.69. The average molecular weight is 294 g/mol. The Labute approximate surface area is 129 Å². The Bertz CT molecular complexity index is 403. The van der Waals surface area contributed by atoms with Gasteiger partial charge in [-0.1, -0.05) is 40.2 Å². The van der Waals surface area contributed by atoms with E-state index in [1.165, 1.54) is 0 Å². The maximum Gasteiger partial charge on any atom is 0.161 e. The Kier molecular flexibility index (Phi) is 8.21. The quantitative estimate of drug-likeness (QED) is 0.689. The molecule has 0 saturated carbocycles. The molecule has 0 heterocycles. The molecule has 0 amide bonds. The van der Waals surface area contributed by atoms with Crippen LogP contribution in [0.2, 0.25) is 0 Å². The Hall–Kier alpha value is -1.22. The molecule has 0 saturated heterocycles. The van der Waals surface area contributed by atoms with Crippen molar-refractivity contribution in [2.75, 3.05) is 13.2 Å². The fraction of sp³-hybridized carbons (Fsp3) is 0.667. The van der Waals surface area contributed by atoms with Gasteiger partial charge in [-0.15, -0.1) is 0 Å². The molecule has 3 nitrogen and oxygen atoms in total. The first-order valence-corrected chi connectivity index (χ1v) is 8.21. The first-order chi connectivity index (χ1) is 10.1. The van der Waals surface area contributed by atoms with Gasteiger partial charge in [0.1, 0.15) is 0 Å². The smallest absolute Gasteiger partial charge is 0.161 e. The molecule has 1 N–H and O–H groups in total. The van der Waals surface area contributed by atoms with Crippen LogP contribution in [-0.2, 0) is 0 Å². The van der Waals surface area contributed by atoms with E-state index < -0.39 is 0 Å². The minimum atomic E-state index is -0.309. The molecule has 0 fully saturated rings. The van der Waals surface area contributed by atoms with Crippen LogP contribution in [0, 0.1) is 0 Å². The molecule has 0 aromatic heterocycles. The largest absolute Gasteiger partial charge is 0.490 e. The zero-order valence-corrected chi connectivity index (χ0v) is 13.9. The number of aliphatic hydroxyl groups excluding tert-OH is 1. The van der Waals surface area contributed by atoms with Crippen LogP contribution < -0.4 is 9.47 Å². The maximum absolute atomic E-state index is 10.2. The van der Waals surface area contributed by atoms with Gasteiger partial charge in [0.15, 0.2) is 11.5 Å². The third-order valence-electron chi connectivity index (χ3n) is 3.58. The number of rotatable bonds is 10. The second-order valence-corrected chi connectivity index (χ2v) is 5.55. The minimum absolute atomic E-state index is 0.106. The number of ether oxygens (including phenoxy) is 2. The number of hydrogen-bond donors (Lipinski definition) is 1. The normalized spacial score (nSPS) is 13.8. The average Bonchev–Trinajstić information content (AvgIpc) is 2.50. The van der Waals surface area contributed by atoms with E-state index in [0.717, 1.165) is 42.7 Å². The molecule has 3 heteroatoms. The summed E-state index contributed by atoms with van der Waals surface area (Å²) in [5.41, 5.74) is 1.10. The molecular weight excluding hydrogens is 264 g/mol. The Morgan fingerprint density at radius 3 is 2.14 bits per heavy atom. The SMILES string of the molecule is CCCOc1ccc(C(C)C(O)CCC)cc1OCCC. The van der Waals surface area contributed by atoms with E-state index in [0.29, 0.717) is 13.2 Å². The molecule has 0 aliphatic heterocycles. The highest BCUT2D eigenvalue weighted by Crippen LogP contribution is 2.33. The second-order valence-electron chi connectivity index (χ2n) is 5.55. The lowest BCUT2D eigenvalue weighted by Crippen LogP contribution is -2.15. The standard InChI is InChI=1S/C18H30O3/c1-5-8-16(19)14(4)15-9-10-17(20-11-6-2)18(13-15)21-12-7-3/h9-10,13-14,16,19H,5-8,11-12H2,1-4H3. The van der Waals surface area contributed by atoms with E-state index in [-0.39, 0.29) is 12.0 Å². The second kappa shape index (κ2) is 9.67. The predicted octanol–water partition coefficient (Wildman–Crippen LogP) is 4.53. The van der Waals surface area contributed by atoms with Crippen molar-refractivity contribution in [1.82, 2.24) is 0 Å². The van der Waals surface area contributed by atoms with E-state index in [1.807, 2.05) is 18.2 Å². The van der Waals surface area contributed by atoms with E-state index in [4.69, 9.17) is 9.47 Å². The summed E-state index contributed by atoms with van der Waals surface area (Å²) < 4.78 is 11.5. The van der Waals surface area contributed by atoms with Crippen molar-refractivity contribution in [3.8, 4) is 11.5 Å². The molecule has 120 valence electrons. The molecule has 0 spiro atoms. The zero-order chi connectivity index (χ0) is 15.7. The monoisotopic (exact) mass is 294 g/mol. The van der Waals surface area contributed by atoms with Crippen LogP contribution in [0.1, 0.15) is 64.9 Å². The highest BCUT2D eigenvalue weighted by Gasteiger charge is 2.17. The van der Waals surface area contributed by atoms with E-state index in [9.17, 15) is 5.11 Å². The third-order valence-corrected chi connectivity index (χ3v) is 3.58. The number of benzene rings is 1. The summed E-state index contributed by atoms with van der Waals surface area (Å²) in [7, 11) is 0. The van der Waals surface area contributed by atoms with Gasteiger partial charge < -0.3 is 14.6 Å². The fourth-order valence-corrected chi connectivity index (χ4v) is 2.23. The fourth-order valence-electron chi connectivity index (χ4n) is 2.23. The van der Waals surface area contributed by atoms with E-state index >= 15 is 0 Å². The summed E-state index contributed by atoms with van der Waals surface area (Å²) >= 11 is 0. The van der Waals surface area contributed by atoms with Crippen LogP contribution in [-0.4, -0.2) is 24.4 Å². The van der Waals surface area contributed by atoms with Gasteiger partial charge in [-0.05, 0) is 37.0 Å². The first kappa shape index (κ1) is 17.8. The molecule has 1 rings (SSSR count). The van der Waals surface area contributed by atoms with Gasteiger partial charge >= 0.3 is 0 Å². The highest BCUT2D eigenvalue weighted by atomic mass is 16.5. The molecule has 0 aliphatic rings. The van der Waals surface area contributed by atoms with Crippen LogP contribution in [0.3, 0.4) is 0 Å². The zero-order valence-electron chi connectivity index (χ0n) is 13.9. The minimum Gasteiger partial charge on any atom is -0.490 e.